The molecule has 2 amide bonds. The van der Waals surface area contributed by atoms with Gasteiger partial charge in [-0.1, -0.05) is 0 Å². The van der Waals surface area contributed by atoms with Crippen molar-refractivity contribution in [2.24, 2.45) is 5.73 Å². The number of benzene rings is 1. The maximum atomic E-state index is 12.7. The molecule has 2 aromatic heterocycles. The van der Waals surface area contributed by atoms with E-state index in [-0.39, 0.29) is 12.3 Å². The van der Waals surface area contributed by atoms with Crippen molar-refractivity contribution < 1.29 is 18.7 Å². The van der Waals surface area contributed by atoms with Crippen LogP contribution in [-0.4, -0.2) is 23.4 Å². The normalized spacial score (nSPS) is 13.8. The molecule has 0 bridgehead atoms. The molecule has 0 unspecified atom stereocenters. The van der Waals surface area contributed by atoms with Crippen LogP contribution in [0.5, 0.6) is 5.75 Å². The van der Waals surface area contributed by atoms with E-state index in [0.29, 0.717) is 17.4 Å². The van der Waals surface area contributed by atoms with Crippen molar-refractivity contribution in [1.29, 1.82) is 0 Å². The maximum Gasteiger partial charge on any atom is 0.250 e. The Balaban J connectivity index is 1.66. The van der Waals surface area contributed by atoms with Gasteiger partial charge in [0.05, 0.1) is 18.7 Å². The number of allylic oxidation sites excluding steroid dienone is 1. The number of amides is 2. The zero-order valence-electron chi connectivity index (χ0n) is 18.5. The van der Waals surface area contributed by atoms with Gasteiger partial charge in [0.15, 0.2) is 5.13 Å². The molecular weight excluding hydrogens is 426 g/mol. The number of nitrogens with zero attached hydrogens (tertiary/aromatic N) is 1. The minimum Gasteiger partial charge on any atom is -0.493 e. The number of nitrogens with two attached hydrogens (primary N) is 1. The van der Waals surface area contributed by atoms with Gasteiger partial charge in [0.1, 0.15) is 17.1 Å². The number of ether oxygens (including phenoxy) is 1. The molecule has 1 aliphatic carbocycles. The highest BCUT2D eigenvalue weighted by Gasteiger charge is 2.23. The number of anilines is 1. The third-order valence-electron chi connectivity index (χ3n) is 5.63. The second-order valence-electron chi connectivity index (χ2n) is 8.00. The molecule has 0 aliphatic heterocycles. The Kier molecular flexibility index (Phi) is 6.32. The number of hydrogen-bond donors (Lipinski definition) is 2. The average molecular weight is 454 g/mol. The quantitative estimate of drug-likeness (QED) is 0.511. The third kappa shape index (κ3) is 4.41. The van der Waals surface area contributed by atoms with E-state index in [1.165, 1.54) is 16.9 Å². The minimum atomic E-state index is -0.459. The minimum absolute atomic E-state index is 0.0489. The molecule has 1 aromatic carbocycles. The summed E-state index contributed by atoms with van der Waals surface area (Å²) in [5, 5.41) is 6.01. The fourth-order valence-corrected chi connectivity index (χ4v) is 4.91. The van der Waals surface area contributed by atoms with Gasteiger partial charge in [0, 0.05) is 40.0 Å². The van der Waals surface area contributed by atoms with Gasteiger partial charge in [0.2, 0.25) is 11.8 Å². The number of carbonyl (C=O) groups excluding carboxylic acids is 2. The monoisotopic (exact) mass is 453 g/mol. The first-order valence-corrected chi connectivity index (χ1v) is 11.7. The summed E-state index contributed by atoms with van der Waals surface area (Å²) in [4.78, 5) is 27.9. The number of aromatic nitrogens is 1. The lowest BCUT2D eigenvalue weighted by Crippen LogP contribution is -2.14. The number of hydrogen-bond acceptors (Lipinski definition) is 6. The molecule has 168 valence electrons. The molecule has 7 nitrogen and oxygen atoms in total. The van der Waals surface area contributed by atoms with Crippen molar-refractivity contribution in [3.05, 3.63) is 45.7 Å². The van der Waals surface area contributed by atoms with Crippen molar-refractivity contribution in [3.63, 3.8) is 0 Å². The van der Waals surface area contributed by atoms with Crippen molar-refractivity contribution in [2.45, 2.75) is 52.9 Å². The number of furan rings is 1. The van der Waals surface area contributed by atoms with E-state index < -0.39 is 5.91 Å². The lowest BCUT2D eigenvalue weighted by Gasteiger charge is -2.15. The number of fused-ring (bicyclic) bond motifs is 3. The Morgan fingerprint density at radius 3 is 2.88 bits per heavy atom. The average Bonchev–Trinajstić information content (AvgIpc) is 3.33. The number of thiazole rings is 1. The van der Waals surface area contributed by atoms with Crippen molar-refractivity contribution in [3.8, 4) is 5.75 Å². The summed E-state index contributed by atoms with van der Waals surface area (Å²) in [6.07, 6.45) is 5.87. The summed E-state index contributed by atoms with van der Waals surface area (Å²) in [5.41, 5.74) is 10.5. The largest absolute Gasteiger partial charge is 0.493 e. The lowest BCUT2D eigenvalue weighted by molar-refractivity contribution is -0.117. The maximum absolute atomic E-state index is 12.7. The van der Waals surface area contributed by atoms with Gasteiger partial charge in [-0.05, 0) is 51.7 Å². The second-order valence-corrected chi connectivity index (χ2v) is 8.86. The highest BCUT2D eigenvalue weighted by Crippen LogP contribution is 2.41. The number of aryl methyl sites for hydroxylation is 3. The molecule has 8 heteroatoms. The van der Waals surface area contributed by atoms with Crippen molar-refractivity contribution in [1.82, 2.24) is 4.98 Å². The van der Waals surface area contributed by atoms with E-state index >= 15 is 0 Å². The molecule has 1 aliphatic rings. The smallest absolute Gasteiger partial charge is 0.250 e. The first kappa shape index (κ1) is 22.1. The van der Waals surface area contributed by atoms with Crippen LogP contribution in [0.4, 0.5) is 5.13 Å². The zero-order chi connectivity index (χ0) is 22.8. The van der Waals surface area contributed by atoms with Gasteiger partial charge in [-0.15, -0.1) is 11.3 Å². The van der Waals surface area contributed by atoms with Crippen LogP contribution in [-0.2, 0) is 28.9 Å². The van der Waals surface area contributed by atoms with Crippen LogP contribution in [0.3, 0.4) is 0 Å². The summed E-state index contributed by atoms with van der Waals surface area (Å²) in [7, 11) is 0. The van der Waals surface area contributed by atoms with Crippen molar-refractivity contribution >= 4 is 44.8 Å². The molecule has 32 heavy (non-hydrogen) atoms. The summed E-state index contributed by atoms with van der Waals surface area (Å²) in [6, 6.07) is 2.09. The van der Waals surface area contributed by atoms with E-state index in [2.05, 4.69) is 16.4 Å². The predicted molar refractivity (Wildman–Crippen MR) is 126 cm³/mol. The summed E-state index contributed by atoms with van der Waals surface area (Å²) >= 11 is 1.26. The van der Waals surface area contributed by atoms with Crippen molar-refractivity contribution in [2.75, 3.05) is 11.9 Å². The summed E-state index contributed by atoms with van der Waals surface area (Å²) in [6.45, 7) is 6.37. The Labute approximate surface area is 190 Å². The van der Waals surface area contributed by atoms with Gasteiger partial charge in [0.25, 0.3) is 0 Å². The van der Waals surface area contributed by atoms with Crippen LogP contribution < -0.4 is 15.8 Å². The van der Waals surface area contributed by atoms with E-state index in [1.807, 2.05) is 20.8 Å². The third-order valence-corrected chi connectivity index (χ3v) is 6.43. The highest BCUT2D eigenvalue weighted by molar-refractivity contribution is 7.14. The van der Waals surface area contributed by atoms with Gasteiger partial charge >= 0.3 is 0 Å². The number of rotatable bonds is 7. The van der Waals surface area contributed by atoms with E-state index in [4.69, 9.17) is 14.9 Å². The van der Waals surface area contributed by atoms with E-state index in [9.17, 15) is 9.59 Å². The number of primary amides is 1. The van der Waals surface area contributed by atoms with Crippen LogP contribution in [0.15, 0.2) is 21.9 Å². The van der Waals surface area contributed by atoms with Gasteiger partial charge in [-0.3, -0.25) is 14.9 Å². The van der Waals surface area contributed by atoms with E-state index in [0.717, 1.165) is 64.9 Å². The first-order chi connectivity index (χ1) is 15.4. The Bertz CT molecular complexity index is 1220. The number of carbonyl (C=O) groups is 2. The Morgan fingerprint density at radius 1 is 1.34 bits per heavy atom. The molecule has 2 heterocycles. The molecule has 0 saturated carbocycles. The molecule has 0 saturated heterocycles. The highest BCUT2D eigenvalue weighted by atomic mass is 32.1. The van der Waals surface area contributed by atoms with Crippen LogP contribution >= 0.6 is 11.3 Å². The molecule has 4 rings (SSSR count). The molecule has 3 aromatic rings. The summed E-state index contributed by atoms with van der Waals surface area (Å²) < 4.78 is 12.2. The first-order valence-electron chi connectivity index (χ1n) is 10.8. The zero-order valence-corrected chi connectivity index (χ0v) is 19.4. The molecule has 3 N–H and O–H groups in total. The molecule has 0 radical (unpaired) electrons. The lowest BCUT2D eigenvalue weighted by atomic mass is 9.93. The van der Waals surface area contributed by atoms with Gasteiger partial charge in [-0.25, -0.2) is 4.98 Å². The van der Waals surface area contributed by atoms with Gasteiger partial charge in [-0.2, -0.15) is 0 Å². The number of nitrogens with one attached hydrogen (secondary N) is 1. The van der Waals surface area contributed by atoms with Crippen LogP contribution in [0, 0.1) is 6.92 Å². The van der Waals surface area contributed by atoms with E-state index in [1.54, 1.807) is 11.5 Å². The molecule has 0 atom stereocenters. The van der Waals surface area contributed by atoms with Crippen LogP contribution in [0.2, 0.25) is 0 Å². The Hall–Kier alpha value is -3.13. The predicted octanol–water partition coefficient (Wildman–Crippen LogP) is 4.55. The Morgan fingerprint density at radius 2 is 2.12 bits per heavy atom. The topological polar surface area (TPSA) is 107 Å². The molecular formula is C24H27N3O4S. The summed E-state index contributed by atoms with van der Waals surface area (Å²) in [5.74, 6) is 1.06. The molecule has 0 spiro atoms. The fourth-order valence-electron chi connectivity index (χ4n) is 4.20. The SMILES string of the molecule is CCOc1c(/C(C)=C/C(=O)Nc2nc(CC(N)=O)cs2)cc2c3c(oc2c1C)CCCC3. The van der Waals surface area contributed by atoms with Gasteiger partial charge < -0.3 is 14.9 Å². The standard InChI is InChI=1S/C24H27N3O4S/c1-4-30-22-14(3)23-18(16-7-5-6-8-19(16)31-23)11-17(22)13(2)9-21(29)27-24-26-15(12-32-24)10-20(25)28/h9,11-12H,4-8,10H2,1-3H3,(H2,25,28)(H,26,27,29)/b13-9+. The second kappa shape index (κ2) is 9.16. The fraction of sp³-hybridized carbons (Fsp3) is 0.375. The van der Waals surface area contributed by atoms with Crippen LogP contribution in [0.1, 0.15) is 54.8 Å². The van der Waals surface area contributed by atoms with Crippen LogP contribution in [0.25, 0.3) is 16.5 Å². The molecule has 0 fully saturated rings.